The molecule has 82 valence electrons. The molecule has 0 saturated carbocycles. The Morgan fingerprint density at radius 1 is 1.47 bits per heavy atom. The third-order valence-electron chi connectivity index (χ3n) is 2.51. The fourth-order valence-electron chi connectivity index (χ4n) is 1.59. The highest BCUT2D eigenvalue weighted by Crippen LogP contribution is 2.20. The van der Waals surface area contributed by atoms with E-state index in [9.17, 15) is 4.79 Å². The van der Waals surface area contributed by atoms with Crippen LogP contribution in [0.1, 0.15) is 37.8 Å². The topological polar surface area (TPSA) is 50.2 Å². The third-order valence-corrected chi connectivity index (χ3v) is 2.51. The van der Waals surface area contributed by atoms with Gasteiger partial charge in [-0.25, -0.2) is 0 Å². The minimum absolute atomic E-state index is 0.355. The highest BCUT2D eigenvalue weighted by molar-refractivity contribution is 5.70. The van der Waals surface area contributed by atoms with Gasteiger partial charge in [-0.1, -0.05) is 20.8 Å². The van der Waals surface area contributed by atoms with Gasteiger partial charge >= 0.3 is 5.97 Å². The molecule has 0 saturated heterocycles. The molecule has 1 heterocycles. The number of hydrogen-bond donors (Lipinski definition) is 1. The van der Waals surface area contributed by atoms with E-state index in [0.717, 1.165) is 5.56 Å². The zero-order chi connectivity index (χ0) is 11.4. The van der Waals surface area contributed by atoms with Crippen LogP contribution in [-0.4, -0.2) is 16.1 Å². The Balaban J connectivity index is 2.89. The molecule has 1 N–H and O–H groups in total. The normalized spacial score (nSPS) is 12.8. The van der Waals surface area contributed by atoms with Gasteiger partial charge in [-0.15, -0.1) is 0 Å². The molecular weight excluding hydrogens is 190 g/mol. The molecule has 15 heavy (non-hydrogen) atoms. The quantitative estimate of drug-likeness (QED) is 0.825. The highest BCUT2D eigenvalue weighted by Gasteiger charge is 2.15. The van der Waals surface area contributed by atoms with Gasteiger partial charge in [-0.05, 0) is 29.5 Å². The number of pyridine rings is 1. The van der Waals surface area contributed by atoms with Crippen molar-refractivity contribution >= 4 is 5.97 Å². The van der Waals surface area contributed by atoms with Crippen molar-refractivity contribution in [3.8, 4) is 0 Å². The summed E-state index contributed by atoms with van der Waals surface area (Å²) in [4.78, 5) is 14.8. The van der Waals surface area contributed by atoms with Crippen molar-refractivity contribution in [2.24, 2.45) is 5.92 Å². The number of carboxylic acids is 1. The molecular formula is C12H17NO2. The monoisotopic (exact) mass is 207 g/mol. The second kappa shape index (κ2) is 4.91. The highest BCUT2D eigenvalue weighted by atomic mass is 16.4. The number of aromatic nitrogens is 1. The second-order valence-corrected chi connectivity index (χ2v) is 4.17. The predicted octanol–water partition coefficient (Wildman–Crippen LogP) is 2.47. The minimum Gasteiger partial charge on any atom is -0.481 e. The number of rotatable bonds is 4. The van der Waals surface area contributed by atoms with Gasteiger partial charge in [0.2, 0.25) is 0 Å². The van der Waals surface area contributed by atoms with Crippen LogP contribution >= 0.6 is 0 Å². The number of nitrogens with zero attached hydrogens (tertiary/aromatic N) is 1. The number of carboxylic acid groups (broad SMARTS) is 1. The number of hydrogen-bond acceptors (Lipinski definition) is 2. The van der Waals surface area contributed by atoms with E-state index in [2.05, 4.69) is 18.8 Å². The molecule has 1 aromatic rings. The smallest absolute Gasteiger partial charge is 0.306 e. The van der Waals surface area contributed by atoms with Crippen LogP contribution in [0, 0.1) is 5.92 Å². The fourth-order valence-corrected chi connectivity index (χ4v) is 1.59. The van der Waals surface area contributed by atoms with Crippen LogP contribution in [0.5, 0.6) is 0 Å². The Morgan fingerprint density at radius 3 is 2.67 bits per heavy atom. The molecule has 0 radical (unpaired) electrons. The van der Waals surface area contributed by atoms with E-state index in [-0.39, 0.29) is 5.92 Å². The first-order chi connectivity index (χ1) is 7.02. The zero-order valence-corrected chi connectivity index (χ0v) is 9.40. The van der Waals surface area contributed by atoms with Crippen LogP contribution in [-0.2, 0) is 11.2 Å². The van der Waals surface area contributed by atoms with E-state index >= 15 is 0 Å². The molecule has 3 heteroatoms. The molecule has 0 spiro atoms. The van der Waals surface area contributed by atoms with Crippen LogP contribution in [0.4, 0.5) is 0 Å². The predicted molar refractivity (Wildman–Crippen MR) is 58.8 cm³/mol. The minimum atomic E-state index is -0.756. The first-order valence-electron chi connectivity index (χ1n) is 5.18. The summed E-state index contributed by atoms with van der Waals surface area (Å²) < 4.78 is 0. The molecule has 1 aromatic heterocycles. The maximum atomic E-state index is 10.8. The molecule has 0 aromatic carbocycles. The standard InChI is InChI=1S/C12H17NO2/c1-8(2)11-4-5-13-7-10(11)6-9(3)12(14)15/h4-5,7-9H,6H2,1-3H3,(H,14,15). The van der Waals surface area contributed by atoms with Crippen molar-refractivity contribution in [2.75, 3.05) is 0 Å². The van der Waals surface area contributed by atoms with Crippen LogP contribution < -0.4 is 0 Å². The van der Waals surface area contributed by atoms with E-state index in [1.807, 2.05) is 6.07 Å². The summed E-state index contributed by atoms with van der Waals surface area (Å²) in [7, 11) is 0. The van der Waals surface area contributed by atoms with Crippen molar-refractivity contribution in [3.63, 3.8) is 0 Å². The maximum Gasteiger partial charge on any atom is 0.306 e. The van der Waals surface area contributed by atoms with E-state index in [1.54, 1.807) is 19.3 Å². The second-order valence-electron chi connectivity index (χ2n) is 4.17. The van der Waals surface area contributed by atoms with E-state index < -0.39 is 5.97 Å². The summed E-state index contributed by atoms with van der Waals surface area (Å²) in [5.74, 6) is -0.704. The molecule has 3 nitrogen and oxygen atoms in total. The van der Waals surface area contributed by atoms with E-state index in [4.69, 9.17) is 5.11 Å². The number of carbonyl (C=O) groups is 1. The summed E-state index contributed by atoms with van der Waals surface area (Å²) in [6, 6.07) is 1.97. The Kier molecular flexibility index (Phi) is 3.83. The van der Waals surface area contributed by atoms with Crippen molar-refractivity contribution in [1.29, 1.82) is 0 Å². The summed E-state index contributed by atoms with van der Waals surface area (Å²) in [6.45, 7) is 5.92. The van der Waals surface area contributed by atoms with E-state index in [1.165, 1.54) is 5.56 Å². The number of aliphatic carboxylic acids is 1. The lowest BCUT2D eigenvalue weighted by Crippen LogP contribution is -2.13. The average Bonchev–Trinajstić information content (AvgIpc) is 2.18. The van der Waals surface area contributed by atoms with Gasteiger partial charge in [0.25, 0.3) is 0 Å². The van der Waals surface area contributed by atoms with E-state index in [0.29, 0.717) is 12.3 Å². The summed E-state index contributed by atoms with van der Waals surface area (Å²) in [6.07, 6.45) is 4.08. The molecule has 1 unspecified atom stereocenters. The summed E-state index contributed by atoms with van der Waals surface area (Å²) >= 11 is 0. The summed E-state index contributed by atoms with van der Waals surface area (Å²) in [5.41, 5.74) is 2.24. The molecule has 0 aliphatic heterocycles. The Bertz CT molecular complexity index is 347. The van der Waals surface area contributed by atoms with Gasteiger partial charge < -0.3 is 5.11 Å². The van der Waals surface area contributed by atoms with Gasteiger partial charge in [0.05, 0.1) is 5.92 Å². The largest absolute Gasteiger partial charge is 0.481 e. The Morgan fingerprint density at radius 2 is 2.13 bits per heavy atom. The first-order valence-corrected chi connectivity index (χ1v) is 5.18. The molecule has 0 aliphatic carbocycles. The molecule has 0 fully saturated rings. The van der Waals surface area contributed by atoms with Crippen molar-refractivity contribution in [3.05, 3.63) is 29.6 Å². The zero-order valence-electron chi connectivity index (χ0n) is 9.40. The maximum absolute atomic E-state index is 10.8. The molecule has 0 aliphatic rings. The van der Waals surface area contributed by atoms with Crippen molar-refractivity contribution in [1.82, 2.24) is 4.98 Å². The molecule has 1 atom stereocenters. The average molecular weight is 207 g/mol. The third kappa shape index (κ3) is 3.05. The lowest BCUT2D eigenvalue weighted by Gasteiger charge is -2.13. The fraction of sp³-hybridized carbons (Fsp3) is 0.500. The lowest BCUT2D eigenvalue weighted by molar-refractivity contribution is -0.141. The molecule has 0 amide bonds. The van der Waals surface area contributed by atoms with Gasteiger partial charge in [-0.2, -0.15) is 0 Å². The van der Waals surface area contributed by atoms with Crippen LogP contribution in [0.15, 0.2) is 18.5 Å². The van der Waals surface area contributed by atoms with Crippen LogP contribution in [0.2, 0.25) is 0 Å². The van der Waals surface area contributed by atoms with Crippen molar-refractivity contribution < 1.29 is 9.90 Å². The van der Waals surface area contributed by atoms with Gasteiger partial charge in [0.15, 0.2) is 0 Å². The van der Waals surface area contributed by atoms with Crippen LogP contribution in [0.3, 0.4) is 0 Å². The SMILES string of the molecule is CC(Cc1cnccc1C(C)C)C(=O)O. The van der Waals surface area contributed by atoms with Crippen molar-refractivity contribution in [2.45, 2.75) is 33.1 Å². The Labute approximate surface area is 90.2 Å². The van der Waals surface area contributed by atoms with Crippen LogP contribution in [0.25, 0.3) is 0 Å². The van der Waals surface area contributed by atoms with Gasteiger partial charge in [-0.3, -0.25) is 9.78 Å². The molecule has 1 rings (SSSR count). The lowest BCUT2D eigenvalue weighted by atomic mass is 9.93. The first kappa shape index (κ1) is 11.7. The molecule has 0 bridgehead atoms. The Hall–Kier alpha value is -1.38. The summed E-state index contributed by atoms with van der Waals surface area (Å²) in [5, 5.41) is 8.85. The van der Waals surface area contributed by atoms with Gasteiger partial charge in [0.1, 0.15) is 0 Å². The van der Waals surface area contributed by atoms with Gasteiger partial charge in [0, 0.05) is 12.4 Å².